The quantitative estimate of drug-likeness (QED) is 0.0510. The molecule has 0 unspecified atom stereocenters. The van der Waals surface area contributed by atoms with Gasteiger partial charge in [0.25, 0.3) is 11.5 Å². The number of thiazole rings is 1. The molecule has 9 rings (SSSR count). The minimum absolute atomic E-state index is 0.0244. The van der Waals surface area contributed by atoms with E-state index in [1.165, 1.54) is 20.6 Å². The molecule has 2 aromatic carbocycles. The molecule has 4 amide bonds. The Labute approximate surface area is 470 Å². The van der Waals surface area contributed by atoms with Gasteiger partial charge in [-0.05, 0) is 70.0 Å². The second-order valence-electron chi connectivity index (χ2n) is 21.6. The van der Waals surface area contributed by atoms with Crippen molar-refractivity contribution in [3.05, 3.63) is 144 Å². The molecule has 7 N–H and O–H groups in total. The molecule has 1 fully saturated rings. The molecule has 1 saturated heterocycles. The predicted molar refractivity (Wildman–Crippen MR) is 301 cm³/mol. The number of ether oxygens (including phenoxy) is 2. The third kappa shape index (κ3) is 12.9. The van der Waals surface area contributed by atoms with Gasteiger partial charge in [0.05, 0.1) is 64.7 Å². The lowest BCUT2D eigenvalue weighted by molar-refractivity contribution is -0.144. The molecule has 0 bridgehead atoms. The summed E-state index contributed by atoms with van der Waals surface area (Å²) in [5.74, 6) is -4.48. The fourth-order valence-corrected chi connectivity index (χ4v) is 12.3. The first-order valence-electron chi connectivity index (χ1n) is 26.3. The van der Waals surface area contributed by atoms with E-state index in [0.717, 1.165) is 34.2 Å². The molecule has 5 aromatic rings. The fraction of sp³-hybridized carbons (Fsp3) is 0.386. The number of nitrogens with two attached hydrogens (primary N) is 1. The maximum absolute atomic E-state index is 15.5. The van der Waals surface area contributed by atoms with Crippen molar-refractivity contribution < 1.29 is 51.0 Å². The number of carbonyl (C=O) groups excluding carboxylic acids is 4. The smallest absolute Gasteiger partial charge is 0.260 e. The number of anilines is 2. The molecule has 3 aliphatic heterocycles. The number of rotatable bonds is 19. The summed E-state index contributed by atoms with van der Waals surface area (Å²) in [5, 5.41) is 22.9. The molecular weight excluding hydrogens is 1090 g/mol. The Morgan fingerprint density at radius 3 is 2.49 bits per heavy atom. The Hall–Kier alpha value is -7.80. The number of aliphatic hydroxyl groups is 1. The number of aliphatic hydroxyl groups excluding tert-OH is 1. The van der Waals surface area contributed by atoms with Gasteiger partial charge < -0.3 is 55.9 Å². The summed E-state index contributed by atoms with van der Waals surface area (Å²) in [7, 11) is -2.30. The summed E-state index contributed by atoms with van der Waals surface area (Å²) in [4.78, 5) is 82.0. The van der Waals surface area contributed by atoms with Crippen LogP contribution in [-0.2, 0) is 53.8 Å². The predicted octanol–water partition coefficient (Wildman–Crippen LogP) is 2.02. The van der Waals surface area contributed by atoms with Crippen molar-refractivity contribution >= 4 is 67.6 Å². The molecule has 6 heterocycles. The number of nitrogens with zero attached hydrogens (tertiary/aromatic N) is 5. The van der Waals surface area contributed by atoms with Crippen LogP contribution < -0.4 is 52.6 Å². The lowest BCUT2D eigenvalue weighted by atomic mass is 9.85. The molecular formula is C57H64F2N10O10S2. The summed E-state index contributed by atoms with van der Waals surface area (Å²) in [5.41, 5.74) is 12.3. The molecule has 0 saturated carbocycles. The molecule has 81 heavy (non-hydrogen) atoms. The SMILES string of the molecule is Cc1ncsc1-c1ccc(CNC(=O)[C@@H]2C[C@@H](O)CN2C(=O)[C@@H](NC(=O)COCCc2cc(N)cc(OCCNC(=O)C3=C4CN(c5ncc(F)cc5F)C5=C4C(=c4c(ccn(C)c4=O)=C3CS(C)(=O)=O)NCC5)c2)C(C)(C)C)cc1. The fourth-order valence-electron chi connectivity index (χ4n) is 10.6. The highest BCUT2D eigenvalue weighted by Crippen LogP contribution is 2.43. The number of aromatic nitrogens is 3. The van der Waals surface area contributed by atoms with Crippen molar-refractivity contribution in [1.82, 2.24) is 40.7 Å². The van der Waals surface area contributed by atoms with Gasteiger partial charge in [-0.3, -0.25) is 24.0 Å². The van der Waals surface area contributed by atoms with Crippen molar-refractivity contribution in [2.45, 2.75) is 71.7 Å². The third-order valence-corrected chi connectivity index (χ3v) is 16.2. The molecule has 3 atom stereocenters. The van der Waals surface area contributed by atoms with E-state index in [2.05, 4.69) is 31.2 Å². The average Bonchev–Trinajstić information content (AvgIpc) is 3.29. The summed E-state index contributed by atoms with van der Waals surface area (Å²) < 4.78 is 69.0. The van der Waals surface area contributed by atoms with E-state index < -0.39 is 86.6 Å². The lowest BCUT2D eigenvalue weighted by Crippen LogP contribution is -2.58. The first kappa shape index (κ1) is 57.9. The van der Waals surface area contributed by atoms with Crippen molar-refractivity contribution in [1.29, 1.82) is 0 Å². The van der Waals surface area contributed by atoms with Gasteiger partial charge in [-0.15, -0.1) is 11.3 Å². The van der Waals surface area contributed by atoms with E-state index in [9.17, 15) is 41.9 Å². The Balaban J connectivity index is 0.817. The number of hydrogen-bond donors (Lipinski definition) is 6. The Kier molecular flexibility index (Phi) is 17.0. The number of amides is 4. The van der Waals surface area contributed by atoms with Crippen LogP contribution in [0.25, 0.3) is 21.7 Å². The molecule has 4 aliphatic rings. The lowest BCUT2D eigenvalue weighted by Gasteiger charge is -2.35. The number of benzene rings is 2. The molecule has 20 nitrogen and oxygen atoms in total. The van der Waals surface area contributed by atoms with Crippen molar-refractivity contribution in [3.8, 4) is 16.2 Å². The third-order valence-electron chi connectivity index (χ3n) is 14.4. The van der Waals surface area contributed by atoms with Crippen LogP contribution in [0.2, 0.25) is 0 Å². The standard InChI is InChI=1S/C57H64F2N10O10S2/c1-31-50(80-30-65-31)34-9-7-32(8-10-34)24-64-53(72)44-23-37(70)26-69(44)56(75)51(57(2,3)4)66-45(71)28-78-17-13-33-19-36(60)22-38(20-33)79-18-15-62-54(73)46-40-27-68(52-42(59)21-35(58)25-63-52)43-11-14-61-49(47(40)43)48-39(12-16-67(5)55(48)74)41(46)29-81(6,76)77/h7-10,12,16,19-22,25,30,37,44,51,61,70H,11,13-15,17-18,23-24,26-29,60H2,1-6H3,(H,62,73)(H,64,72)(H,66,71)/t37-,44+,51-/m1/s1. The van der Waals surface area contributed by atoms with Crippen molar-refractivity contribution in [2.75, 3.05) is 68.6 Å². The number of likely N-dealkylation sites (tertiary alicyclic amines) is 1. The number of pyridine rings is 2. The topological polar surface area (TPSA) is 270 Å². The number of aryl methyl sites for hydroxylation is 2. The highest BCUT2D eigenvalue weighted by atomic mass is 32.2. The first-order chi connectivity index (χ1) is 38.4. The van der Waals surface area contributed by atoms with Crippen LogP contribution in [0.15, 0.2) is 99.7 Å². The van der Waals surface area contributed by atoms with Crippen LogP contribution in [0.3, 0.4) is 0 Å². The Morgan fingerprint density at radius 2 is 1.79 bits per heavy atom. The van der Waals surface area contributed by atoms with Crippen LogP contribution >= 0.6 is 11.3 Å². The zero-order valence-corrected chi connectivity index (χ0v) is 47.3. The molecule has 3 aromatic heterocycles. The Morgan fingerprint density at radius 1 is 1.02 bits per heavy atom. The molecule has 0 radical (unpaired) electrons. The van der Waals surface area contributed by atoms with E-state index in [1.54, 1.807) is 68.9 Å². The summed E-state index contributed by atoms with van der Waals surface area (Å²) in [6, 6.07) is 13.1. The van der Waals surface area contributed by atoms with E-state index in [1.807, 2.05) is 31.2 Å². The second kappa shape index (κ2) is 23.7. The van der Waals surface area contributed by atoms with Gasteiger partial charge in [0.2, 0.25) is 17.7 Å². The van der Waals surface area contributed by atoms with Gasteiger partial charge in [-0.1, -0.05) is 45.0 Å². The molecule has 428 valence electrons. The minimum Gasteiger partial charge on any atom is -0.492 e. The summed E-state index contributed by atoms with van der Waals surface area (Å²) in [6.07, 6.45) is 3.10. The van der Waals surface area contributed by atoms with E-state index in [4.69, 9.17) is 15.2 Å². The van der Waals surface area contributed by atoms with Gasteiger partial charge in [-0.25, -0.2) is 27.2 Å². The first-order valence-corrected chi connectivity index (χ1v) is 29.2. The monoisotopic (exact) mass is 1150 g/mol. The van der Waals surface area contributed by atoms with Gasteiger partial charge in [0.15, 0.2) is 21.5 Å². The zero-order chi connectivity index (χ0) is 58.1. The van der Waals surface area contributed by atoms with Crippen LogP contribution in [-0.4, -0.2) is 133 Å². The zero-order valence-electron chi connectivity index (χ0n) is 45.7. The average molecular weight is 1150 g/mol. The summed E-state index contributed by atoms with van der Waals surface area (Å²) >= 11 is 1.55. The van der Waals surface area contributed by atoms with Gasteiger partial charge >= 0.3 is 0 Å². The molecule has 1 aliphatic carbocycles. The number of sulfone groups is 1. The van der Waals surface area contributed by atoms with E-state index in [-0.39, 0.29) is 73.2 Å². The largest absolute Gasteiger partial charge is 0.492 e. The summed E-state index contributed by atoms with van der Waals surface area (Å²) in [6.45, 7) is 7.12. The number of nitrogen functional groups attached to an aromatic ring is 1. The number of halogens is 2. The maximum Gasteiger partial charge on any atom is 0.260 e. The van der Waals surface area contributed by atoms with E-state index >= 15 is 4.39 Å². The van der Waals surface area contributed by atoms with Crippen molar-refractivity contribution in [2.24, 2.45) is 12.5 Å². The highest BCUT2D eigenvalue weighted by Gasteiger charge is 2.45. The van der Waals surface area contributed by atoms with Crippen LogP contribution in [0.4, 0.5) is 20.3 Å². The molecule has 24 heteroatoms. The van der Waals surface area contributed by atoms with Gasteiger partial charge in [0.1, 0.15) is 36.9 Å². The highest BCUT2D eigenvalue weighted by molar-refractivity contribution is 7.91. The Bertz CT molecular complexity index is 3710. The number of hydrogen-bond acceptors (Lipinski definition) is 16. The number of β-amino-alcohol motifs (C(OH)–C–C–N with tert-alkyl or cyclic N) is 1. The maximum atomic E-state index is 15.5. The van der Waals surface area contributed by atoms with E-state index in [0.29, 0.717) is 65.0 Å². The van der Waals surface area contributed by atoms with Gasteiger partial charge in [0, 0.05) is 86.6 Å². The molecule has 0 spiro atoms. The van der Waals surface area contributed by atoms with Crippen LogP contribution in [0.1, 0.15) is 50.4 Å². The van der Waals surface area contributed by atoms with Gasteiger partial charge in [-0.2, -0.15) is 0 Å². The van der Waals surface area contributed by atoms with Crippen LogP contribution in [0.5, 0.6) is 5.75 Å². The normalized spacial score (nSPS) is 17.3. The minimum atomic E-state index is -3.85. The number of carbonyl (C=O) groups is 4. The number of nitrogens with one attached hydrogen (secondary N) is 4. The van der Waals surface area contributed by atoms with Crippen molar-refractivity contribution in [3.63, 3.8) is 0 Å². The second-order valence-corrected chi connectivity index (χ2v) is 24.6. The van der Waals surface area contributed by atoms with Crippen LogP contribution in [0, 0.1) is 24.0 Å². The number of fused-ring (bicyclic) bond motifs is 1.